The molecule has 4 rings (SSSR count). The van der Waals surface area contributed by atoms with Gasteiger partial charge < -0.3 is 10.1 Å². The van der Waals surface area contributed by atoms with Crippen molar-refractivity contribution in [2.24, 2.45) is 0 Å². The number of aromatic amines is 1. The number of aliphatic hydroxyl groups excluding tert-OH is 1. The van der Waals surface area contributed by atoms with Crippen molar-refractivity contribution in [3.63, 3.8) is 0 Å². The molecule has 0 aliphatic heterocycles. The average molecular weight is 315 g/mol. The third-order valence-electron chi connectivity index (χ3n) is 3.86. The number of imidazole rings is 2. The van der Waals surface area contributed by atoms with E-state index in [1.54, 1.807) is 18.3 Å². The van der Waals surface area contributed by atoms with Crippen LogP contribution in [0.4, 0.5) is 0 Å². The van der Waals surface area contributed by atoms with Crippen LogP contribution in [0.25, 0.3) is 28.1 Å². The minimum atomic E-state index is -0.119. The number of rotatable bonds is 3. The van der Waals surface area contributed by atoms with Gasteiger partial charge in [0.05, 0.1) is 22.7 Å². The zero-order valence-corrected chi connectivity index (χ0v) is 12.6. The molecule has 116 valence electrons. The number of nitrogens with one attached hydrogen (secondary N) is 1. The van der Waals surface area contributed by atoms with Gasteiger partial charge in [0.2, 0.25) is 0 Å². The van der Waals surface area contributed by atoms with Gasteiger partial charge in [0.15, 0.2) is 0 Å². The Morgan fingerprint density at radius 1 is 1.17 bits per heavy atom. The second kappa shape index (κ2) is 5.65. The van der Waals surface area contributed by atoms with Crippen LogP contribution in [0.15, 0.2) is 54.9 Å². The standard InChI is InChI=1S/C18H13N5O/c19-10-12-1-3-13(4-2-12)18-20-7-8-23(18)14-5-6-15-16(9-14)22-17(11-24)21-15/h1-9,24H,11H2,(H,21,22). The highest BCUT2D eigenvalue weighted by Crippen LogP contribution is 2.24. The fourth-order valence-electron chi connectivity index (χ4n) is 2.69. The van der Waals surface area contributed by atoms with E-state index in [0.717, 1.165) is 28.1 Å². The number of nitrogens with zero attached hydrogens (tertiary/aromatic N) is 4. The highest BCUT2D eigenvalue weighted by Gasteiger charge is 2.10. The Labute approximate surface area is 137 Å². The van der Waals surface area contributed by atoms with E-state index < -0.39 is 0 Å². The summed E-state index contributed by atoms with van der Waals surface area (Å²) < 4.78 is 1.97. The molecule has 4 aromatic rings. The molecule has 6 heteroatoms. The van der Waals surface area contributed by atoms with Crippen molar-refractivity contribution < 1.29 is 5.11 Å². The van der Waals surface area contributed by atoms with E-state index >= 15 is 0 Å². The van der Waals surface area contributed by atoms with Crippen LogP contribution in [-0.4, -0.2) is 24.6 Å². The molecule has 2 heterocycles. The van der Waals surface area contributed by atoms with Crippen LogP contribution in [0.1, 0.15) is 11.4 Å². The number of fused-ring (bicyclic) bond motifs is 1. The van der Waals surface area contributed by atoms with Crippen LogP contribution < -0.4 is 0 Å². The van der Waals surface area contributed by atoms with Crippen LogP contribution in [0, 0.1) is 11.3 Å². The summed E-state index contributed by atoms with van der Waals surface area (Å²) in [7, 11) is 0. The summed E-state index contributed by atoms with van der Waals surface area (Å²) >= 11 is 0. The van der Waals surface area contributed by atoms with E-state index in [1.165, 1.54) is 0 Å². The third kappa shape index (κ3) is 2.33. The van der Waals surface area contributed by atoms with Gasteiger partial charge in [-0.05, 0) is 42.5 Å². The summed E-state index contributed by atoms with van der Waals surface area (Å²) in [4.78, 5) is 11.8. The maximum Gasteiger partial charge on any atom is 0.144 e. The smallest absolute Gasteiger partial charge is 0.144 e. The number of H-pyrrole nitrogens is 1. The van der Waals surface area contributed by atoms with E-state index in [1.807, 2.05) is 41.1 Å². The fraction of sp³-hybridized carbons (Fsp3) is 0.0556. The largest absolute Gasteiger partial charge is 0.388 e. The normalized spacial score (nSPS) is 10.8. The third-order valence-corrected chi connectivity index (χ3v) is 3.86. The van der Waals surface area contributed by atoms with Crippen molar-refractivity contribution in [1.82, 2.24) is 19.5 Å². The lowest BCUT2D eigenvalue weighted by Gasteiger charge is -2.08. The molecule has 0 atom stereocenters. The minimum Gasteiger partial charge on any atom is -0.388 e. The van der Waals surface area contributed by atoms with E-state index in [-0.39, 0.29) is 6.61 Å². The van der Waals surface area contributed by atoms with Gasteiger partial charge in [-0.3, -0.25) is 4.57 Å². The lowest BCUT2D eigenvalue weighted by Crippen LogP contribution is -1.96. The van der Waals surface area contributed by atoms with Crippen LogP contribution >= 0.6 is 0 Å². The Morgan fingerprint density at radius 2 is 2.00 bits per heavy atom. The Morgan fingerprint density at radius 3 is 2.75 bits per heavy atom. The predicted molar refractivity (Wildman–Crippen MR) is 89.3 cm³/mol. The van der Waals surface area contributed by atoms with Crippen molar-refractivity contribution in [1.29, 1.82) is 5.26 Å². The average Bonchev–Trinajstić information content (AvgIpc) is 3.27. The number of benzene rings is 2. The summed E-state index contributed by atoms with van der Waals surface area (Å²) in [6.45, 7) is -0.119. The zero-order valence-electron chi connectivity index (χ0n) is 12.6. The lowest BCUT2D eigenvalue weighted by atomic mass is 10.1. The van der Waals surface area contributed by atoms with E-state index in [2.05, 4.69) is 21.0 Å². The highest BCUT2D eigenvalue weighted by atomic mass is 16.3. The molecule has 0 radical (unpaired) electrons. The van der Waals surface area contributed by atoms with Crippen molar-refractivity contribution >= 4 is 11.0 Å². The SMILES string of the molecule is N#Cc1ccc(-c2nccn2-c2ccc3nc(CO)[nH]c3c2)cc1. The summed E-state index contributed by atoms with van der Waals surface area (Å²) in [5, 5.41) is 18.1. The quantitative estimate of drug-likeness (QED) is 0.608. The van der Waals surface area contributed by atoms with E-state index in [4.69, 9.17) is 5.26 Å². The molecule has 0 fully saturated rings. The maximum atomic E-state index is 9.20. The Bertz CT molecular complexity index is 1050. The van der Waals surface area contributed by atoms with E-state index in [0.29, 0.717) is 11.4 Å². The van der Waals surface area contributed by atoms with Gasteiger partial charge in [0, 0.05) is 23.6 Å². The molecule has 0 aliphatic rings. The first-order valence-electron chi connectivity index (χ1n) is 7.42. The molecule has 6 nitrogen and oxygen atoms in total. The van der Waals surface area contributed by atoms with Crippen molar-refractivity contribution in [2.45, 2.75) is 6.61 Å². The highest BCUT2D eigenvalue weighted by molar-refractivity contribution is 5.78. The van der Waals surface area contributed by atoms with E-state index in [9.17, 15) is 5.11 Å². The topological polar surface area (TPSA) is 90.5 Å². The zero-order chi connectivity index (χ0) is 16.5. The number of hydrogen-bond donors (Lipinski definition) is 2. The molecule has 0 amide bonds. The van der Waals surface area contributed by atoms with Gasteiger partial charge in [-0.1, -0.05) is 0 Å². The van der Waals surface area contributed by atoms with Gasteiger partial charge in [-0.15, -0.1) is 0 Å². The molecule has 2 aromatic heterocycles. The summed E-state index contributed by atoms with van der Waals surface area (Å²) in [6, 6.07) is 15.3. The van der Waals surface area contributed by atoms with Crippen LogP contribution in [-0.2, 0) is 6.61 Å². The Balaban J connectivity index is 1.80. The lowest BCUT2D eigenvalue weighted by molar-refractivity contribution is 0.273. The van der Waals surface area contributed by atoms with Gasteiger partial charge in [0.1, 0.15) is 18.3 Å². The van der Waals surface area contributed by atoms with Crippen molar-refractivity contribution in [3.05, 3.63) is 66.2 Å². The number of aromatic nitrogens is 4. The molecule has 2 aromatic carbocycles. The van der Waals surface area contributed by atoms with Gasteiger partial charge >= 0.3 is 0 Å². The Kier molecular flexibility index (Phi) is 3.34. The first-order chi connectivity index (χ1) is 11.8. The van der Waals surface area contributed by atoms with Gasteiger partial charge in [0.25, 0.3) is 0 Å². The van der Waals surface area contributed by atoms with Crippen LogP contribution in [0.5, 0.6) is 0 Å². The molecule has 0 unspecified atom stereocenters. The van der Waals surface area contributed by atoms with Gasteiger partial charge in [-0.25, -0.2) is 9.97 Å². The molecular weight excluding hydrogens is 302 g/mol. The van der Waals surface area contributed by atoms with Crippen LogP contribution in [0.2, 0.25) is 0 Å². The van der Waals surface area contributed by atoms with Crippen molar-refractivity contribution in [3.8, 4) is 23.1 Å². The molecule has 2 N–H and O–H groups in total. The monoisotopic (exact) mass is 315 g/mol. The first-order valence-corrected chi connectivity index (χ1v) is 7.42. The number of aliphatic hydroxyl groups is 1. The summed E-state index contributed by atoms with van der Waals surface area (Å²) in [6.07, 6.45) is 3.63. The van der Waals surface area contributed by atoms with Crippen molar-refractivity contribution in [2.75, 3.05) is 0 Å². The molecule has 24 heavy (non-hydrogen) atoms. The first kappa shape index (κ1) is 14.2. The second-order valence-electron chi connectivity index (χ2n) is 5.35. The molecule has 0 spiro atoms. The number of nitriles is 1. The molecule has 0 saturated heterocycles. The predicted octanol–water partition coefficient (Wildman–Crippen LogP) is 2.78. The van der Waals surface area contributed by atoms with Gasteiger partial charge in [-0.2, -0.15) is 5.26 Å². The molecule has 0 saturated carbocycles. The van der Waals surface area contributed by atoms with Crippen LogP contribution in [0.3, 0.4) is 0 Å². The molecule has 0 bridgehead atoms. The summed E-state index contributed by atoms with van der Waals surface area (Å²) in [5.41, 5.74) is 4.15. The second-order valence-corrected chi connectivity index (χ2v) is 5.35. The number of hydrogen-bond acceptors (Lipinski definition) is 4. The molecule has 0 aliphatic carbocycles. The maximum absolute atomic E-state index is 9.20. The fourth-order valence-corrected chi connectivity index (χ4v) is 2.69. The molecular formula is C18H13N5O. The summed E-state index contributed by atoms with van der Waals surface area (Å²) in [5.74, 6) is 1.33. The minimum absolute atomic E-state index is 0.119. The Hall–Kier alpha value is -3.43.